The Morgan fingerprint density at radius 1 is 1.33 bits per heavy atom. The Labute approximate surface area is 106 Å². The van der Waals surface area contributed by atoms with Gasteiger partial charge in [-0.15, -0.1) is 0 Å². The molecular formula is C15H14O3. The van der Waals surface area contributed by atoms with Gasteiger partial charge in [0.2, 0.25) is 0 Å². The first-order valence-electron chi connectivity index (χ1n) is 5.67. The summed E-state index contributed by atoms with van der Waals surface area (Å²) < 4.78 is 4.98. The molecule has 0 heterocycles. The Balaban J connectivity index is 2.34. The molecule has 0 spiro atoms. The number of carbonyl (C=O) groups excluding carboxylic acids is 1. The van der Waals surface area contributed by atoms with Crippen molar-refractivity contribution in [1.29, 1.82) is 0 Å². The van der Waals surface area contributed by atoms with Gasteiger partial charge < -0.3 is 9.84 Å². The van der Waals surface area contributed by atoms with Gasteiger partial charge in [-0.05, 0) is 18.6 Å². The number of Topliss-reactive ketones (excluding diaryl/α,β-unsaturated/α-hetero) is 1. The summed E-state index contributed by atoms with van der Waals surface area (Å²) in [5.41, 5.74) is 0.839. The Bertz CT molecular complexity index is 551. The van der Waals surface area contributed by atoms with E-state index in [1.54, 1.807) is 24.3 Å². The number of ketones is 1. The minimum Gasteiger partial charge on any atom is -0.507 e. The number of phenols is 1. The Kier molecular flexibility index (Phi) is 3.63. The third-order valence-corrected chi connectivity index (χ3v) is 2.69. The zero-order valence-corrected chi connectivity index (χ0v) is 10.1. The summed E-state index contributed by atoms with van der Waals surface area (Å²) in [5, 5.41) is 9.82. The molecule has 0 aromatic heterocycles. The van der Waals surface area contributed by atoms with Gasteiger partial charge in [0.25, 0.3) is 0 Å². The molecule has 1 aliphatic carbocycles. The van der Waals surface area contributed by atoms with Crippen LogP contribution in [0.25, 0.3) is 0 Å². The van der Waals surface area contributed by atoms with Gasteiger partial charge in [0, 0.05) is 11.6 Å². The van der Waals surface area contributed by atoms with Gasteiger partial charge in [-0.25, -0.2) is 0 Å². The average Bonchev–Trinajstić information content (AvgIpc) is 2.66. The molecule has 3 nitrogen and oxygen atoms in total. The SMILES string of the molecule is COc1ccc(C(=O)C2=CC=CCC=C2)c(O)c1. The standard InChI is InChI=1S/C15H14O3/c1-18-12-8-9-13(14(16)10-12)15(17)11-6-4-2-3-5-7-11/h2,4-10,16H,3H2,1H3. The van der Waals surface area contributed by atoms with Crippen molar-refractivity contribution in [3.05, 3.63) is 59.7 Å². The molecule has 1 aromatic rings. The lowest BCUT2D eigenvalue weighted by molar-refractivity contribution is 0.103. The number of rotatable bonds is 3. The predicted molar refractivity (Wildman–Crippen MR) is 70.0 cm³/mol. The van der Waals surface area contributed by atoms with E-state index < -0.39 is 0 Å². The molecule has 0 bridgehead atoms. The molecule has 1 N–H and O–H groups in total. The van der Waals surface area contributed by atoms with Crippen LogP contribution >= 0.6 is 0 Å². The van der Waals surface area contributed by atoms with Crippen LogP contribution in [0.15, 0.2) is 54.2 Å². The highest BCUT2D eigenvalue weighted by Crippen LogP contribution is 2.26. The van der Waals surface area contributed by atoms with E-state index in [0.717, 1.165) is 6.42 Å². The molecule has 0 atom stereocenters. The van der Waals surface area contributed by atoms with Crippen LogP contribution < -0.4 is 4.74 Å². The third-order valence-electron chi connectivity index (χ3n) is 2.69. The van der Waals surface area contributed by atoms with Gasteiger partial charge in [0.15, 0.2) is 5.78 Å². The molecular weight excluding hydrogens is 228 g/mol. The lowest BCUT2D eigenvalue weighted by Gasteiger charge is -2.06. The summed E-state index contributed by atoms with van der Waals surface area (Å²) in [6, 6.07) is 4.66. The summed E-state index contributed by atoms with van der Waals surface area (Å²) in [6.45, 7) is 0. The van der Waals surface area contributed by atoms with E-state index in [1.165, 1.54) is 13.2 Å². The summed E-state index contributed by atoms with van der Waals surface area (Å²) in [4.78, 5) is 12.2. The third kappa shape index (κ3) is 2.51. The fourth-order valence-corrected chi connectivity index (χ4v) is 1.72. The van der Waals surface area contributed by atoms with Crippen molar-refractivity contribution in [2.24, 2.45) is 0 Å². The van der Waals surface area contributed by atoms with E-state index >= 15 is 0 Å². The van der Waals surface area contributed by atoms with Gasteiger partial charge in [-0.2, -0.15) is 0 Å². The average molecular weight is 242 g/mol. The summed E-state index contributed by atoms with van der Waals surface area (Å²) in [5.74, 6) is 0.258. The molecule has 3 heteroatoms. The van der Waals surface area contributed by atoms with E-state index in [9.17, 15) is 9.90 Å². The number of phenolic OH excluding ortho intramolecular Hbond substituents is 1. The van der Waals surface area contributed by atoms with Crippen molar-refractivity contribution >= 4 is 5.78 Å². The summed E-state index contributed by atoms with van der Waals surface area (Å²) in [7, 11) is 1.51. The summed E-state index contributed by atoms with van der Waals surface area (Å²) >= 11 is 0. The lowest BCUT2D eigenvalue weighted by atomic mass is 10.0. The first-order valence-corrected chi connectivity index (χ1v) is 5.67. The highest BCUT2D eigenvalue weighted by Gasteiger charge is 2.14. The lowest BCUT2D eigenvalue weighted by Crippen LogP contribution is -2.02. The van der Waals surface area contributed by atoms with Crippen molar-refractivity contribution in [2.75, 3.05) is 7.11 Å². The van der Waals surface area contributed by atoms with Gasteiger partial charge >= 0.3 is 0 Å². The van der Waals surface area contributed by atoms with Gasteiger partial charge in [-0.1, -0.05) is 30.4 Å². The van der Waals surface area contributed by atoms with Gasteiger partial charge in [-0.3, -0.25) is 4.79 Å². The van der Waals surface area contributed by atoms with Crippen LogP contribution in [0.3, 0.4) is 0 Å². The van der Waals surface area contributed by atoms with Crippen LogP contribution in [0.4, 0.5) is 0 Å². The van der Waals surface area contributed by atoms with Crippen molar-refractivity contribution in [3.63, 3.8) is 0 Å². The first kappa shape index (κ1) is 12.2. The smallest absolute Gasteiger partial charge is 0.196 e. The Morgan fingerprint density at radius 2 is 2.17 bits per heavy atom. The molecule has 1 aliphatic rings. The molecule has 0 saturated carbocycles. The molecule has 0 aliphatic heterocycles. The van der Waals surface area contributed by atoms with Gasteiger partial charge in [0.1, 0.15) is 11.5 Å². The molecule has 2 rings (SSSR count). The van der Waals surface area contributed by atoms with Crippen LogP contribution in [-0.2, 0) is 0 Å². The fourth-order valence-electron chi connectivity index (χ4n) is 1.72. The zero-order valence-electron chi connectivity index (χ0n) is 10.1. The minimum absolute atomic E-state index is 0.0677. The molecule has 0 saturated heterocycles. The number of benzene rings is 1. The maximum absolute atomic E-state index is 12.2. The summed E-state index contributed by atoms with van der Waals surface area (Å²) in [6.07, 6.45) is 10.0. The minimum atomic E-state index is -0.196. The fraction of sp³-hybridized carbons (Fsp3) is 0.133. The second kappa shape index (κ2) is 5.36. The van der Waals surface area contributed by atoms with Crippen molar-refractivity contribution in [3.8, 4) is 11.5 Å². The van der Waals surface area contributed by atoms with E-state index in [1.807, 2.05) is 18.2 Å². The molecule has 18 heavy (non-hydrogen) atoms. The van der Waals surface area contributed by atoms with Crippen LogP contribution in [-0.4, -0.2) is 18.0 Å². The first-order chi connectivity index (χ1) is 8.72. The highest BCUT2D eigenvalue weighted by atomic mass is 16.5. The van der Waals surface area contributed by atoms with E-state index in [2.05, 4.69) is 0 Å². The number of methoxy groups -OCH3 is 1. The monoisotopic (exact) mass is 242 g/mol. The van der Waals surface area contributed by atoms with E-state index in [-0.39, 0.29) is 17.1 Å². The topological polar surface area (TPSA) is 46.5 Å². The number of hydrogen-bond acceptors (Lipinski definition) is 3. The van der Waals surface area contributed by atoms with Crippen LogP contribution in [0.1, 0.15) is 16.8 Å². The quantitative estimate of drug-likeness (QED) is 0.829. The van der Waals surface area contributed by atoms with E-state index in [0.29, 0.717) is 11.3 Å². The molecule has 0 unspecified atom stereocenters. The van der Waals surface area contributed by atoms with Crippen molar-refractivity contribution in [2.45, 2.75) is 6.42 Å². The molecule has 0 amide bonds. The van der Waals surface area contributed by atoms with Crippen molar-refractivity contribution in [1.82, 2.24) is 0 Å². The number of ether oxygens (including phenoxy) is 1. The van der Waals surface area contributed by atoms with E-state index in [4.69, 9.17) is 4.74 Å². The molecule has 92 valence electrons. The number of carbonyl (C=O) groups is 1. The van der Waals surface area contributed by atoms with Crippen LogP contribution in [0, 0.1) is 0 Å². The highest BCUT2D eigenvalue weighted by molar-refractivity contribution is 6.12. The van der Waals surface area contributed by atoms with Crippen LogP contribution in [0.5, 0.6) is 11.5 Å². The molecule has 1 aromatic carbocycles. The predicted octanol–water partition coefficient (Wildman–Crippen LogP) is 3.03. The maximum Gasteiger partial charge on any atom is 0.196 e. The zero-order chi connectivity index (χ0) is 13.0. The number of allylic oxidation sites excluding steroid dienone is 6. The van der Waals surface area contributed by atoms with Crippen molar-refractivity contribution < 1.29 is 14.6 Å². The second-order valence-corrected chi connectivity index (χ2v) is 3.90. The second-order valence-electron chi connectivity index (χ2n) is 3.90. The Hall–Kier alpha value is -2.29. The number of aromatic hydroxyl groups is 1. The largest absolute Gasteiger partial charge is 0.507 e. The Morgan fingerprint density at radius 3 is 2.89 bits per heavy atom. The molecule has 0 fully saturated rings. The maximum atomic E-state index is 12.2. The van der Waals surface area contributed by atoms with Crippen LogP contribution in [0.2, 0.25) is 0 Å². The van der Waals surface area contributed by atoms with Gasteiger partial charge in [0.05, 0.1) is 12.7 Å². The normalized spacial score (nSPS) is 13.9. The molecule has 0 radical (unpaired) electrons. The number of hydrogen-bond donors (Lipinski definition) is 1.